The van der Waals surface area contributed by atoms with Gasteiger partial charge >= 0.3 is 0 Å². The first-order chi connectivity index (χ1) is 10.6. The molecule has 0 spiro atoms. The molecule has 0 saturated carbocycles. The molecule has 0 aliphatic carbocycles. The average molecular weight is 317 g/mol. The topological polar surface area (TPSA) is 71.3 Å². The van der Waals surface area contributed by atoms with Crippen molar-refractivity contribution in [3.63, 3.8) is 0 Å². The number of ether oxygens (including phenoxy) is 2. The van der Waals surface area contributed by atoms with Crippen LogP contribution in [0, 0.1) is 11.3 Å². The fourth-order valence-electron chi connectivity index (χ4n) is 1.77. The number of halogens is 1. The number of rotatable bonds is 5. The van der Waals surface area contributed by atoms with E-state index in [1.807, 2.05) is 6.07 Å². The van der Waals surface area contributed by atoms with Crippen LogP contribution >= 0.6 is 11.6 Å². The van der Waals surface area contributed by atoms with Crippen molar-refractivity contribution in [1.82, 2.24) is 0 Å². The Bertz CT molecular complexity index is 726. The maximum atomic E-state index is 11.9. The fraction of sp³-hybridized carbons (Fsp3) is 0.125. The summed E-state index contributed by atoms with van der Waals surface area (Å²) in [4.78, 5) is 11.9. The molecule has 0 aliphatic rings. The standard InChI is InChI=1S/C16H13ClN2O3/c1-21-15-7-6-12(8-13(15)17)19-16(20)10-22-14-5-3-2-4-11(14)9-18/h2-8H,10H2,1H3,(H,19,20). The van der Waals surface area contributed by atoms with Crippen molar-refractivity contribution in [2.45, 2.75) is 0 Å². The van der Waals surface area contributed by atoms with Crippen LogP contribution in [0.2, 0.25) is 5.02 Å². The molecule has 0 aromatic heterocycles. The number of para-hydroxylation sites is 1. The Balaban J connectivity index is 1.96. The summed E-state index contributed by atoms with van der Waals surface area (Å²) in [5.41, 5.74) is 0.913. The minimum Gasteiger partial charge on any atom is -0.495 e. The maximum Gasteiger partial charge on any atom is 0.262 e. The summed E-state index contributed by atoms with van der Waals surface area (Å²) < 4.78 is 10.4. The van der Waals surface area contributed by atoms with Gasteiger partial charge in [0.25, 0.3) is 5.91 Å². The number of carbonyl (C=O) groups excluding carboxylic acids is 1. The molecule has 0 heterocycles. The van der Waals surface area contributed by atoms with Crippen molar-refractivity contribution < 1.29 is 14.3 Å². The monoisotopic (exact) mass is 316 g/mol. The predicted octanol–water partition coefficient (Wildman–Crippen LogP) is 3.24. The third-order valence-electron chi connectivity index (χ3n) is 2.80. The molecule has 0 radical (unpaired) electrons. The number of anilines is 1. The summed E-state index contributed by atoms with van der Waals surface area (Å²) in [6.07, 6.45) is 0. The van der Waals surface area contributed by atoms with Crippen molar-refractivity contribution in [2.24, 2.45) is 0 Å². The summed E-state index contributed by atoms with van der Waals surface area (Å²) in [6, 6.07) is 13.6. The number of hydrogen-bond donors (Lipinski definition) is 1. The second kappa shape index (κ2) is 7.34. The van der Waals surface area contributed by atoms with Crippen LogP contribution in [0.15, 0.2) is 42.5 Å². The van der Waals surface area contributed by atoms with Crippen molar-refractivity contribution in [3.05, 3.63) is 53.1 Å². The van der Waals surface area contributed by atoms with Gasteiger partial charge < -0.3 is 14.8 Å². The predicted molar refractivity (Wildman–Crippen MR) is 83.3 cm³/mol. The van der Waals surface area contributed by atoms with E-state index < -0.39 is 0 Å². The lowest BCUT2D eigenvalue weighted by Crippen LogP contribution is -2.20. The summed E-state index contributed by atoms with van der Waals surface area (Å²) in [5.74, 6) is 0.542. The molecular weight excluding hydrogens is 304 g/mol. The van der Waals surface area contributed by atoms with Crippen LogP contribution in [0.4, 0.5) is 5.69 Å². The number of nitriles is 1. The number of methoxy groups -OCH3 is 1. The van der Waals surface area contributed by atoms with Gasteiger partial charge in [0.1, 0.15) is 17.6 Å². The van der Waals surface area contributed by atoms with Crippen LogP contribution in [0.25, 0.3) is 0 Å². The summed E-state index contributed by atoms with van der Waals surface area (Å²) in [7, 11) is 1.51. The minimum atomic E-state index is -0.353. The maximum absolute atomic E-state index is 11.9. The molecule has 0 atom stereocenters. The number of benzene rings is 2. The molecule has 0 bridgehead atoms. The Hall–Kier alpha value is -2.71. The molecule has 5 nitrogen and oxygen atoms in total. The van der Waals surface area contributed by atoms with Gasteiger partial charge in [0.2, 0.25) is 0 Å². The zero-order valence-corrected chi connectivity index (χ0v) is 12.6. The zero-order valence-electron chi connectivity index (χ0n) is 11.8. The molecule has 0 saturated heterocycles. The van der Waals surface area contributed by atoms with Gasteiger partial charge in [0.15, 0.2) is 6.61 Å². The van der Waals surface area contributed by atoms with Gasteiger partial charge in [-0.3, -0.25) is 4.79 Å². The van der Waals surface area contributed by atoms with Crippen LogP contribution in [-0.2, 0) is 4.79 Å². The highest BCUT2D eigenvalue weighted by molar-refractivity contribution is 6.32. The highest BCUT2D eigenvalue weighted by Crippen LogP contribution is 2.27. The third-order valence-corrected chi connectivity index (χ3v) is 3.10. The van der Waals surface area contributed by atoms with Crippen LogP contribution in [-0.4, -0.2) is 19.6 Å². The van der Waals surface area contributed by atoms with Crippen LogP contribution in [0.3, 0.4) is 0 Å². The molecule has 1 amide bonds. The lowest BCUT2D eigenvalue weighted by molar-refractivity contribution is -0.118. The normalized spacial score (nSPS) is 9.68. The first kappa shape index (κ1) is 15.7. The highest BCUT2D eigenvalue weighted by Gasteiger charge is 2.08. The number of nitrogens with one attached hydrogen (secondary N) is 1. The molecule has 0 aliphatic heterocycles. The van der Waals surface area contributed by atoms with E-state index in [4.69, 9.17) is 26.3 Å². The summed E-state index contributed by atoms with van der Waals surface area (Å²) >= 11 is 5.98. The average Bonchev–Trinajstić information content (AvgIpc) is 2.53. The minimum absolute atomic E-state index is 0.206. The molecule has 2 rings (SSSR count). The summed E-state index contributed by atoms with van der Waals surface area (Å²) in [5, 5.41) is 12.0. The van der Waals surface area contributed by atoms with E-state index in [9.17, 15) is 4.79 Å². The van der Waals surface area contributed by atoms with E-state index in [-0.39, 0.29) is 12.5 Å². The number of amides is 1. The Morgan fingerprint density at radius 2 is 2.05 bits per heavy atom. The Morgan fingerprint density at radius 3 is 2.73 bits per heavy atom. The number of carbonyl (C=O) groups is 1. The van der Waals surface area contributed by atoms with Gasteiger partial charge in [-0.1, -0.05) is 23.7 Å². The van der Waals surface area contributed by atoms with E-state index in [1.165, 1.54) is 7.11 Å². The van der Waals surface area contributed by atoms with E-state index in [2.05, 4.69) is 5.32 Å². The van der Waals surface area contributed by atoms with E-state index in [0.717, 1.165) is 0 Å². The number of nitrogens with zero attached hydrogens (tertiary/aromatic N) is 1. The first-order valence-electron chi connectivity index (χ1n) is 6.39. The lowest BCUT2D eigenvalue weighted by Gasteiger charge is -2.09. The Labute approximate surface area is 133 Å². The van der Waals surface area contributed by atoms with Crippen molar-refractivity contribution in [1.29, 1.82) is 5.26 Å². The fourth-order valence-corrected chi connectivity index (χ4v) is 2.03. The van der Waals surface area contributed by atoms with Crippen LogP contribution in [0.5, 0.6) is 11.5 Å². The highest BCUT2D eigenvalue weighted by atomic mass is 35.5. The molecule has 1 N–H and O–H groups in total. The first-order valence-corrected chi connectivity index (χ1v) is 6.77. The SMILES string of the molecule is COc1ccc(NC(=O)COc2ccccc2C#N)cc1Cl. The molecule has 6 heteroatoms. The van der Waals surface area contributed by atoms with Crippen molar-refractivity contribution in [3.8, 4) is 17.6 Å². The van der Waals surface area contributed by atoms with Gasteiger partial charge in [-0.05, 0) is 30.3 Å². The van der Waals surface area contributed by atoms with Gasteiger partial charge in [-0.2, -0.15) is 5.26 Å². The second-order valence-electron chi connectivity index (χ2n) is 4.29. The third kappa shape index (κ3) is 3.90. The van der Waals surface area contributed by atoms with Crippen LogP contribution in [0.1, 0.15) is 5.56 Å². The van der Waals surface area contributed by atoms with Gasteiger partial charge in [0, 0.05) is 5.69 Å². The van der Waals surface area contributed by atoms with E-state index in [0.29, 0.717) is 27.8 Å². The molecule has 2 aromatic rings. The van der Waals surface area contributed by atoms with Crippen molar-refractivity contribution >= 4 is 23.2 Å². The van der Waals surface area contributed by atoms with E-state index in [1.54, 1.807) is 42.5 Å². The Kier molecular flexibility index (Phi) is 5.23. The second-order valence-corrected chi connectivity index (χ2v) is 4.70. The lowest BCUT2D eigenvalue weighted by atomic mass is 10.2. The largest absolute Gasteiger partial charge is 0.495 e. The van der Waals surface area contributed by atoms with Gasteiger partial charge in [-0.15, -0.1) is 0 Å². The molecule has 0 fully saturated rings. The number of hydrogen-bond acceptors (Lipinski definition) is 4. The molecule has 22 heavy (non-hydrogen) atoms. The Morgan fingerprint density at radius 1 is 1.27 bits per heavy atom. The van der Waals surface area contributed by atoms with Gasteiger partial charge in [0.05, 0.1) is 17.7 Å². The zero-order chi connectivity index (χ0) is 15.9. The molecular formula is C16H13ClN2O3. The van der Waals surface area contributed by atoms with Crippen molar-refractivity contribution in [2.75, 3.05) is 19.0 Å². The van der Waals surface area contributed by atoms with Crippen LogP contribution < -0.4 is 14.8 Å². The smallest absolute Gasteiger partial charge is 0.262 e. The summed E-state index contributed by atoms with van der Waals surface area (Å²) in [6.45, 7) is -0.206. The quantitative estimate of drug-likeness (QED) is 0.919. The molecule has 112 valence electrons. The van der Waals surface area contributed by atoms with Gasteiger partial charge in [-0.25, -0.2) is 0 Å². The molecule has 0 unspecified atom stereocenters. The molecule has 2 aromatic carbocycles. The van der Waals surface area contributed by atoms with E-state index >= 15 is 0 Å².